The van der Waals surface area contributed by atoms with Crippen molar-refractivity contribution in [1.29, 1.82) is 0 Å². The molecule has 2 saturated carbocycles. The van der Waals surface area contributed by atoms with Crippen LogP contribution in [0.1, 0.15) is 56.1 Å². The maximum absolute atomic E-state index is 5.51. The Bertz CT molecular complexity index is 926. The summed E-state index contributed by atoms with van der Waals surface area (Å²) < 4.78 is 7.92. The summed E-state index contributed by atoms with van der Waals surface area (Å²) in [6, 6.07) is 8.80. The standard InChI is InChI=1S/C20H22N4OS2/c1-2-25-17-9-5-14(6-10-17)19-21-15(11-26-19)12-27-20-23-22-18(13-3-4-13)24(20)16-7-8-16/h5-6,9-11,13,16H,2-4,7-8,12H2,1H3. The minimum Gasteiger partial charge on any atom is -0.494 e. The molecular formula is C20H22N4OS2. The monoisotopic (exact) mass is 398 g/mol. The number of nitrogens with zero attached hydrogens (tertiary/aromatic N) is 4. The van der Waals surface area contributed by atoms with Crippen molar-refractivity contribution in [3.8, 4) is 16.3 Å². The van der Waals surface area contributed by atoms with Crippen LogP contribution in [-0.4, -0.2) is 26.4 Å². The van der Waals surface area contributed by atoms with Gasteiger partial charge in [0, 0.05) is 28.7 Å². The number of hydrogen-bond acceptors (Lipinski definition) is 6. The van der Waals surface area contributed by atoms with Gasteiger partial charge in [0.25, 0.3) is 0 Å². The Labute approximate surface area is 167 Å². The maximum Gasteiger partial charge on any atom is 0.191 e. The first-order valence-corrected chi connectivity index (χ1v) is 11.4. The van der Waals surface area contributed by atoms with Crippen LogP contribution in [0.15, 0.2) is 34.8 Å². The van der Waals surface area contributed by atoms with Gasteiger partial charge in [-0.25, -0.2) is 4.98 Å². The Kier molecular flexibility index (Phi) is 4.65. The van der Waals surface area contributed by atoms with E-state index in [2.05, 4.69) is 32.3 Å². The molecule has 2 heterocycles. The van der Waals surface area contributed by atoms with Gasteiger partial charge in [0.15, 0.2) is 5.16 Å². The summed E-state index contributed by atoms with van der Waals surface area (Å²) in [7, 11) is 0. The van der Waals surface area contributed by atoms with Crippen LogP contribution in [0.5, 0.6) is 5.75 Å². The van der Waals surface area contributed by atoms with Crippen molar-refractivity contribution in [2.75, 3.05) is 6.61 Å². The summed E-state index contributed by atoms with van der Waals surface area (Å²) in [6.45, 7) is 2.68. The Balaban J connectivity index is 1.27. The highest BCUT2D eigenvalue weighted by Gasteiger charge is 2.36. The fourth-order valence-corrected chi connectivity index (χ4v) is 5.02. The van der Waals surface area contributed by atoms with Crippen LogP contribution in [-0.2, 0) is 5.75 Å². The molecule has 27 heavy (non-hydrogen) atoms. The van der Waals surface area contributed by atoms with Crippen molar-refractivity contribution in [3.05, 3.63) is 41.2 Å². The van der Waals surface area contributed by atoms with Gasteiger partial charge in [0.2, 0.25) is 0 Å². The molecule has 7 heteroatoms. The lowest BCUT2D eigenvalue weighted by molar-refractivity contribution is 0.340. The SMILES string of the molecule is CCOc1ccc(-c2nc(CSc3nnc(C4CC4)n3C3CC3)cs2)cc1. The fraction of sp³-hybridized carbons (Fsp3) is 0.450. The Morgan fingerprint density at radius 2 is 1.96 bits per heavy atom. The topological polar surface area (TPSA) is 52.8 Å². The average molecular weight is 399 g/mol. The van der Waals surface area contributed by atoms with Crippen molar-refractivity contribution in [2.45, 2.75) is 55.5 Å². The molecule has 0 radical (unpaired) electrons. The first-order chi connectivity index (χ1) is 13.3. The lowest BCUT2D eigenvalue weighted by Crippen LogP contribution is -2.01. The van der Waals surface area contributed by atoms with Crippen LogP contribution >= 0.6 is 23.1 Å². The molecule has 140 valence electrons. The third-order valence-corrected chi connectivity index (χ3v) is 6.78. The lowest BCUT2D eigenvalue weighted by Gasteiger charge is -2.07. The molecule has 0 unspecified atom stereocenters. The van der Waals surface area contributed by atoms with Crippen LogP contribution < -0.4 is 4.74 Å². The molecule has 0 aliphatic heterocycles. The van der Waals surface area contributed by atoms with Crippen LogP contribution in [0.2, 0.25) is 0 Å². The maximum atomic E-state index is 5.51. The molecule has 2 aliphatic rings. The van der Waals surface area contributed by atoms with Crippen molar-refractivity contribution in [3.63, 3.8) is 0 Å². The first-order valence-electron chi connectivity index (χ1n) is 9.57. The first kappa shape index (κ1) is 17.3. The molecule has 0 amide bonds. The van der Waals surface area contributed by atoms with Crippen LogP contribution in [0.3, 0.4) is 0 Å². The molecule has 0 spiro atoms. The molecule has 0 bridgehead atoms. The third-order valence-electron chi connectivity index (χ3n) is 4.86. The summed E-state index contributed by atoms with van der Waals surface area (Å²) in [6.07, 6.45) is 5.08. The molecular weight excluding hydrogens is 376 g/mol. The summed E-state index contributed by atoms with van der Waals surface area (Å²) in [5.41, 5.74) is 2.24. The zero-order valence-electron chi connectivity index (χ0n) is 15.3. The summed E-state index contributed by atoms with van der Waals surface area (Å²) >= 11 is 3.46. The zero-order valence-corrected chi connectivity index (χ0v) is 16.9. The largest absolute Gasteiger partial charge is 0.494 e. The van der Waals surface area contributed by atoms with E-state index in [-0.39, 0.29) is 0 Å². The van der Waals surface area contributed by atoms with E-state index < -0.39 is 0 Å². The molecule has 2 aliphatic carbocycles. The molecule has 0 atom stereocenters. The molecule has 3 aromatic rings. The molecule has 0 saturated heterocycles. The number of thiazole rings is 1. The second-order valence-corrected chi connectivity index (χ2v) is 8.91. The lowest BCUT2D eigenvalue weighted by atomic mass is 10.2. The normalized spacial score (nSPS) is 16.6. The van der Waals surface area contributed by atoms with E-state index in [4.69, 9.17) is 9.72 Å². The molecule has 5 nitrogen and oxygen atoms in total. The van der Waals surface area contributed by atoms with Gasteiger partial charge in [-0.3, -0.25) is 0 Å². The van der Waals surface area contributed by atoms with E-state index in [1.165, 1.54) is 31.5 Å². The second-order valence-electron chi connectivity index (χ2n) is 7.11. The number of benzene rings is 1. The van der Waals surface area contributed by atoms with E-state index in [1.807, 2.05) is 19.1 Å². The van der Waals surface area contributed by atoms with Gasteiger partial charge in [0.1, 0.15) is 16.6 Å². The minimum atomic E-state index is 0.632. The number of ether oxygens (including phenoxy) is 1. The Hall–Kier alpha value is -1.86. The van der Waals surface area contributed by atoms with Gasteiger partial charge in [-0.1, -0.05) is 11.8 Å². The van der Waals surface area contributed by atoms with Crippen molar-refractivity contribution in [1.82, 2.24) is 19.7 Å². The summed E-state index contributed by atoms with van der Waals surface area (Å²) in [4.78, 5) is 4.82. The van der Waals surface area contributed by atoms with Crippen LogP contribution in [0.4, 0.5) is 0 Å². The van der Waals surface area contributed by atoms with Crippen LogP contribution in [0, 0.1) is 0 Å². The molecule has 5 rings (SSSR count). The summed E-state index contributed by atoms with van der Waals surface area (Å²) in [5.74, 6) is 3.61. The van der Waals surface area contributed by atoms with E-state index in [9.17, 15) is 0 Å². The second kappa shape index (κ2) is 7.28. The van der Waals surface area contributed by atoms with Gasteiger partial charge in [0.05, 0.1) is 12.3 Å². The van der Waals surface area contributed by atoms with Crippen LogP contribution in [0.25, 0.3) is 10.6 Å². The third kappa shape index (κ3) is 3.75. The van der Waals surface area contributed by atoms with E-state index in [1.54, 1.807) is 23.1 Å². The highest BCUT2D eigenvalue weighted by Crippen LogP contribution is 2.46. The fourth-order valence-electron chi connectivity index (χ4n) is 3.19. The van der Waals surface area contributed by atoms with Gasteiger partial charge < -0.3 is 9.30 Å². The van der Waals surface area contributed by atoms with Crippen molar-refractivity contribution < 1.29 is 4.74 Å². The smallest absolute Gasteiger partial charge is 0.191 e. The molecule has 2 aromatic heterocycles. The Morgan fingerprint density at radius 1 is 1.15 bits per heavy atom. The highest BCUT2D eigenvalue weighted by molar-refractivity contribution is 7.98. The van der Waals surface area contributed by atoms with Crippen molar-refractivity contribution in [2.24, 2.45) is 0 Å². The van der Waals surface area contributed by atoms with Gasteiger partial charge in [-0.15, -0.1) is 21.5 Å². The highest BCUT2D eigenvalue weighted by atomic mass is 32.2. The number of thioether (sulfide) groups is 1. The van der Waals surface area contributed by atoms with E-state index in [0.29, 0.717) is 18.6 Å². The molecule has 1 aromatic carbocycles. The van der Waals surface area contributed by atoms with E-state index in [0.717, 1.165) is 32.9 Å². The van der Waals surface area contributed by atoms with E-state index >= 15 is 0 Å². The van der Waals surface area contributed by atoms with Gasteiger partial charge in [-0.2, -0.15) is 0 Å². The molecule has 2 fully saturated rings. The quantitative estimate of drug-likeness (QED) is 0.482. The number of rotatable bonds is 8. The summed E-state index contributed by atoms with van der Waals surface area (Å²) in [5, 5.41) is 13.2. The van der Waals surface area contributed by atoms with Gasteiger partial charge in [-0.05, 0) is 56.9 Å². The minimum absolute atomic E-state index is 0.632. The average Bonchev–Trinajstić information content (AvgIpc) is 3.62. The van der Waals surface area contributed by atoms with Crippen molar-refractivity contribution >= 4 is 23.1 Å². The van der Waals surface area contributed by atoms with Gasteiger partial charge >= 0.3 is 0 Å². The number of aromatic nitrogens is 4. The zero-order chi connectivity index (χ0) is 18.2. The Morgan fingerprint density at radius 3 is 2.67 bits per heavy atom. The number of hydrogen-bond donors (Lipinski definition) is 0. The molecule has 0 N–H and O–H groups in total. The predicted molar refractivity (Wildman–Crippen MR) is 109 cm³/mol. The predicted octanol–water partition coefficient (Wildman–Crippen LogP) is 5.30.